The maximum absolute atomic E-state index is 11.3. The summed E-state index contributed by atoms with van der Waals surface area (Å²) in [4.78, 5) is 11.3. The number of Topliss-reactive ketones (excluding diaryl/α,β-unsaturated/α-hetero) is 1. The van der Waals surface area contributed by atoms with Gasteiger partial charge in [-0.3, -0.25) is 4.79 Å². The molecule has 1 fully saturated rings. The van der Waals surface area contributed by atoms with Gasteiger partial charge in [0, 0.05) is 12.8 Å². The van der Waals surface area contributed by atoms with Crippen molar-refractivity contribution >= 4 is 5.78 Å². The summed E-state index contributed by atoms with van der Waals surface area (Å²) >= 11 is 0. The third-order valence-corrected chi connectivity index (χ3v) is 3.92. The molecule has 92 valence electrons. The Balaban J connectivity index is 2.10. The van der Waals surface area contributed by atoms with Crippen LogP contribution < -0.4 is 0 Å². The molecule has 2 heteroatoms. The number of ketones is 1. The number of carbonyl (C=O) groups is 1. The van der Waals surface area contributed by atoms with Crippen LogP contribution in [-0.4, -0.2) is 10.9 Å². The highest BCUT2D eigenvalue weighted by atomic mass is 16.3. The zero-order valence-corrected chi connectivity index (χ0v) is 10.4. The van der Waals surface area contributed by atoms with Gasteiger partial charge >= 0.3 is 0 Å². The molecule has 0 heterocycles. The second kappa shape index (κ2) is 5.35. The molecule has 1 aromatic carbocycles. The topological polar surface area (TPSA) is 37.3 Å². The molecule has 1 saturated carbocycles. The Kier molecular flexibility index (Phi) is 3.82. The smallest absolute Gasteiger partial charge is 0.132 e. The van der Waals surface area contributed by atoms with Crippen LogP contribution in [0.3, 0.4) is 0 Å². The van der Waals surface area contributed by atoms with Crippen molar-refractivity contribution in [1.29, 1.82) is 0 Å². The van der Waals surface area contributed by atoms with Crippen molar-refractivity contribution in [2.24, 2.45) is 5.92 Å². The van der Waals surface area contributed by atoms with E-state index in [1.54, 1.807) is 12.1 Å². The van der Waals surface area contributed by atoms with Gasteiger partial charge in [-0.2, -0.15) is 0 Å². The van der Waals surface area contributed by atoms with Crippen LogP contribution in [0.2, 0.25) is 0 Å². The molecule has 1 aliphatic carbocycles. The minimum atomic E-state index is 0.322. The molecule has 1 aliphatic rings. The van der Waals surface area contributed by atoms with Gasteiger partial charge < -0.3 is 5.11 Å². The minimum absolute atomic E-state index is 0.322. The Labute approximate surface area is 103 Å². The molecule has 0 aromatic heterocycles. The average Bonchev–Trinajstić information content (AvgIpc) is 2.35. The van der Waals surface area contributed by atoms with E-state index in [2.05, 4.69) is 6.92 Å². The van der Waals surface area contributed by atoms with E-state index < -0.39 is 0 Å². The summed E-state index contributed by atoms with van der Waals surface area (Å²) in [7, 11) is 0. The lowest BCUT2D eigenvalue weighted by atomic mass is 9.75. The van der Waals surface area contributed by atoms with E-state index >= 15 is 0 Å². The van der Waals surface area contributed by atoms with Crippen LogP contribution >= 0.6 is 0 Å². The number of aromatic hydroxyl groups is 1. The summed E-state index contributed by atoms with van der Waals surface area (Å²) < 4.78 is 0. The Bertz CT molecular complexity index is 370. The second-order valence-corrected chi connectivity index (χ2v) is 4.98. The number of rotatable bonds is 3. The predicted octanol–water partition coefficient (Wildman–Crippen LogP) is 3.65. The lowest BCUT2D eigenvalue weighted by molar-refractivity contribution is -0.121. The standard InChI is InChI=1S/C15H20O2/c1-2-15(11-3-7-13(16)8-4-11)12-5-9-14(17)10-6-12/h3-4,7-8,12,15-16H,2,5-6,9-10H2,1H3. The van der Waals surface area contributed by atoms with E-state index in [4.69, 9.17) is 0 Å². The van der Waals surface area contributed by atoms with Crippen LogP contribution in [0.15, 0.2) is 24.3 Å². The van der Waals surface area contributed by atoms with Crippen LogP contribution in [-0.2, 0) is 4.79 Å². The zero-order chi connectivity index (χ0) is 12.3. The average molecular weight is 232 g/mol. The number of hydrogen-bond donors (Lipinski definition) is 1. The highest BCUT2D eigenvalue weighted by molar-refractivity contribution is 5.79. The van der Waals surface area contributed by atoms with Crippen LogP contribution in [0.25, 0.3) is 0 Å². The van der Waals surface area contributed by atoms with Crippen molar-refractivity contribution in [3.05, 3.63) is 29.8 Å². The van der Waals surface area contributed by atoms with Crippen LogP contribution in [0.4, 0.5) is 0 Å². The van der Waals surface area contributed by atoms with Crippen molar-refractivity contribution in [3.8, 4) is 5.75 Å². The molecule has 17 heavy (non-hydrogen) atoms. The second-order valence-electron chi connectivity index (χ2n) is 4.98. The van der Waals surface area contributed by atoms with Crippen molar-refractivity contribution in [2.45, 2.75) is 44.9 Å². The van der Waals surface area contributed by atoms with E-state index in [0.29, 0.717) is 23.4 Å². The molecule has 0 bridgehead atoms. The molecule has 0 saturated heterocycles. The summed E-state index contributed by atoms with van der Waals surface area (Å²) in [5, 5.41) is 9.31. The van der Waals surface area contributed by atoms with Crippen molar-refractivity contribution in [3.63, 3.8) is 0 Å². The van der Waals surface area contributed by atoms with Gasteiger partial charge in [0.1, 0.15) is 11.5 Å². The fourth-order valence-corrected chi connectivity index (χ4v) is 2.93. The number of hydrogen-bond acceptors (Lipinski definition) is 2. The predicted molar refractivity (Wildman–Crippen MR) is 68.1 cm³/mol. The van der Waals surface area contributed by atoms with Gasteiger partial charge in [-0.1, -0.05) is 19.1 Å². The van der Waals surface area contributed by atoms with Gasteiger partial charge in [-0.25, -0.2) is 0 Å². The molecule has 0 radical (unpaired) electrons. The quantitative estimate of drug-likeness (QED) is 0.863. The lowest BCUT2D eigenvalue weighted by Crippen LogP contribution is -2.20. The SMILES string of the molecule is CCC(c1ccc(O)cc1)C1CCC(=O)CC1. The number of benzene rings is 1. The monoisotopic (exact) mass is 232 g/mol. The summed E-state index contributed by atoms with van der Waals surface area (Å²) in [5.74, 6) is 1.90. The van der Waals surface area contributed by atoms with Crippen LogP contribution in [0.5, 0.6) is 5.75 Å². The van der Waals surface area contributed by atoms with Gasteiger partial charge in [0.15, 0.2) is 0 Å². The molecular weight excluding hydrogens is 212 g/mol. The molecule has 1 N–H and O–H groups in total. The molecule has 1 aromatic rings. The van der Waals surface area contributed by atoms with Crippen molar-refractivity contribution in [1.82, 2.24) is 0 Å². The summed E-state index contributed by atoms with van der Waals surface area (Å²) in [6.45, 7) is 2.20. The number of carbonyl (C=O) groups excluding carboxylic acids is 1. The van der Waals surface area contributed by atoms with Gasteiger partial charge in [0.05, 0.1) is 0 Å². The molecule has 0 amide bonds. The van der Waals surface area contributed by atoms with E-state index in [9.17, 15) is 9.90 Å². The zero-order valence-electron chi connectivity index (χ0n) is 10.4. The number of phenols is 1. The highest BCUT2D eigenvalue weighted by Gasteiger charge is 2.26. The third kappa shape index (κ3) is 2.87. The lowest BCUT2D eigenvalue weighted by Gasteiger charge is -2.29. The molecule has 0 spiro atoms. The van der Waals surface area contributed by atoms with Gasteiger partial charge in [-0.15, -0.1) is 0 Å². The summed E-state index contributed by atoms with van der Waals surface area (Å²) in [6, 6.07) is 7.54. The van der Waals surface area contributed by atoms with Gasteiger partial charge in [0.2, 0.25) is 0 Å². The number of phenolic OH excluding ortho intramolecular Hbond substituents is 1. The van der Waals surface area contributed by atoms with Gasteiger partial charge in [-0.05, 0) is 48.8 Å². The Morgan fingerprint density at radius 2 is 1.82 bits per heavy atom. The van der Waals surface area contributed by atoms with Crippen LogP contribution in [0.1, 0.15) is 50.5 Å². The van der Waals surface area contributed by atoms with Crippen molar-refractivity contribution in [2.75, 3.05) is 0 Å². The van der Waals surface area contributed by atoms with Crippen LogP contribution in [0, 0.1) is 5.92 Å². The normalized spacial score (nSPS) is 19.2. The van der Waals surface area contributed by atoms with E-state index in [1.807, 2.05) is 12.1 Å². The first-order valence-corrected chi connectivity index (χ1v) is 6.51. The molecule has 0 aliphatic heterocycles. The third-order valence-electron chi connectivity index (χ3n) is 3.92. The molecule has 2 rings (SSSR count). The Morgan fingerprint density at radius 3 is 2.35 bits per heavy atom. The maximum Gasteiger partial charge on any atom is 0.132 e. The first-order chi connectivity index (χ1) is 8.20. The molecular formula is C15H20O2. The fraction of sp³-hybridized carbons (Fsp3) is 0.533. The molecule has 1 atom stereocenters. The van der Waals surface area contributed by atoms with Crippen molar-refractivity contribution < 1.29 is 9.90 Å². The van der Waals surface area contributed by atoms with E-state index in [-0.39, 0.29) is 0 Å². The Hall–Kier alpha value is -1.31. The van der Waals surface area contributed by atoms with E-state index in [0.717, 1.165) is 32.1 Å². The minimum Gasteiger partial charge on any atom is -0.508 e. The fourth-order valence-electron chi connectivity index (χ4n) is 2.93. The summed E-state index contributed by atoms with van der Waals surface area (Å²) in [6.07, 6.45) is 4.65. The summed E-state index contributed by atoms with van der Waals surface area (Å²) in [5.41, 5.74) is 1.30. The first-order valence-electron chi connectivity index (χ1n) is 6.51. The highest BCUT2D eigenvalue weighted by Crippen LogP contribution is 2.37. The largest absolute Gasteiger partial charge is 0.508 e. The van der Waals surface area contributed by atoms with E-state index in [1.165, 1.54) is 5.56 Å². The van der Waals surface area contributed by atoms with Gasteiger partial charge in [0.25, 0.3) is 0 Å². The first kappa shape index (κ1) is 12.2. The molecule has 1 unspecified atom stereocenters. The maximum atomic E-state index is 11.3. The Morgan fingerprint density at radius 1 is 1.24 bits per heavy atom. The molecule has 2 nitrogen and oxygen atoms in total.